The summed E-state index contributed by atoms with van der Waals surface area (Å²) in [7, 11) is 0. The van der Waals surface area contributed by atoms with E-state index in [-0.39, 0.29) is 11.8 Å². The number of benzene rings is 2. The van der Waals surface area contributed by atoms with Gasteiger partial charge < -0.3 is 9.73 Å². The Kier molecular flexibility index (Phi) is 3.96. The number of halogens is 1. The van der Waals surface area contributed by atoms with Crippen LogP contribution < -0.4 is 10.8 Å². The van der Waals surface area contributed by atoms with E-state index >= 15 is 0 Å². The van der Waals surface area contributed by atoms with E-state index in [0.717, 1.165) is 0 Å². The molecule has 0 saturated heterocycles. The summed E-state index contributed by atoms with van der Waals surface area (Å²) in [5, 5.41) is 11.8. The van der Waals surface area contributed by atoms with Crippen LogP contribution in [0.1, 0.15) is 21.0 Å². The first kappa shape index (κ1) is 15.0. The van der Waals surface area contributed by atoms with Gasteiger partial charge in [0.25, 0.3) is 11.8 Å². The Bertz CT molecular complexity index is 889. The fraction of sp³-hybridized carbons (Fsp3) is 0. The second-order valence-corrected chi connectivity index (χ2v) is 5.04. The number of hydrogen-bond acceptors (Lipinski definition) is 5. The minimum atomic E-state index is -0.854. The van der Waals surface area contributed by atoms with Crippen LogP contribution in [-0.4, -0.2) is 22.0 Å². The molecule has 0 aliphatic carbocycles. The second-order valence-electron chi connectivity index (χ2n) is 4.60. The maximum absolute atomic E-state index is 12.1. The molecular weight excluding hydrogens is 322 g/mol. The topological polar surface area (TPSA) is 104 Å². The van der Waals surface area contributed by atoms with Crippen molar-refractivity contribution in [2.45, 2.75) is 0 Å². The summed E-state index contributed by atoms with van der Waals surface area (Å²) < 4.78 is 5.21. The highest BCUT2D eigenvalue weighted by molar-refractivity contribution is 6.30. The molecule has 3 aromatic rings. The van der Waals surface area contributed by atoms with E-state index < -0.39 is 5.91 Å². The van der Waals surface area contributed by atoms with Crippen LogP contribution in [0.5, 0.6) is 0 Å². The number of anilines is 1. The molecule has 0 saturated carbocycles. The van der Waals surface area contributed by atoms with E-state index in [4.69, 9.17) is 21.2 Å². The smallest absolute Gasteiger partial charge is 0.330 e. The standard InChI is InChI=1S/C15H10ClN3O4/c16-9-3-1-8(2-4-9)13(20)17-10-5-6-11-12(7-10)23-15(18-11)14(21)19-22/h1-7,22H,(H,17,20)(H,19,21). The molecule has 1 heterocycles. The number of rotatable bonds is 3. The molecule has 7 nitrogen and oxygen atoms in total. The van der Waals surface area contributed by atoms with Gasteiger partial charge in [-0.15, -0.1) is 0 Å². The normalized spacial score (nSPS) is 10.5. The van der Waals surface area contributed by atoms with Crippen molar-refractivity contribution in [2.24, 2.45) is 0 Å². The van der Waals surface area contributed by atoms with E-state index in [0.29, 0.717) is 27.4 Å². The number of nitrogens with zero attached hydrogens (tertiary/aromatic N) is 1. The Morgan fingerprint density at radius 3 is 2.52 bits per heavy atom. The van der Waals surface area contributed by atoms with Crippen molar-refractivity contribution in [1.82, 2.24) is 10.5 Å². The predicted molar refractivity (Wildman–Crippen MR) is 82.7 cm³/mol. The maximum Gasteiger partial charge on any atom is 0.330 e. The lowest BCUT2D eigenvalue weighted by Gasteiger charge is -2.04. The number of oxazole rings is 1. The monoisotopic (exact) mass is 331 g/mol. The van der Waals surface area contributed by atoms with Crippen molar-refractivity contribution >= 4 is 40.2 Å². The first-order valence-electron chi connectivity index (χ1n) is 6.49. The summed E-state index contributed by atoms with van der Waals surface area (Å²) in [5.41, 5.74) is 3.09. The van der Waals surface area contributed by atoms with Crippen molar-refractivity contribution in [3.8, 4) is 0 Å². The zero-order chi connectivity index (χ0) is 16.4. The average Bonchev–Trinajstić information content (AvgIpc) is 2.98. The van der Waals surface area contributed by atoms with Crippen LogP contribution in [0.25, 0.3) is 11.1 Å². The Balaban J connectivity index is 1.84. The third kappa shape index (κ3) is 3.15. The van der Waals surface area contributed by atoms with Crippen LogP contribution in [0.15, 0.2) is 46.9 Å². The molecule has 0 radical (unpaired) electrons. The molecule has 3 rings (SSSR count). The zero-order valence-electron chi connectivity index (χ0n) is 11.5. The van der Waals surface area contributed by atoms with Gasteiger partial charge in [-0.1, -0.05) is 11.6 Å². The number of carbonyl (C=O) groups is 2. The minimum absolute atomic E-state index is 0.274. The van der Waals surface area contributed by atoms with Crippen molar-refractivity contribution in [2.75, 3.05) is 5.32 Å². The molecule has 2 aromatic carbocycles. The number of fused-ring (bicyclic) bond motifs is 1. The van der Waals surface area contributed by atoms with Crippen LogP contribution in [0, 0.1) is 0 Å². The Hall–Kier alpha value is -2.90. The van der Waals surface area contributed by atoms with Crippen molar-refractivity contribution in [1.29, 1.82) is 0 Å². The minimum Gasteiger partial charge on any atom is -0.432 e. The molecule has 116 valence electrons. The quantitative estimate of drug-likeness (QED) is 0.505. The summed E-state index contributed by atoms with van der Waals surface area (Å²) in [5.74, 6) is -1.44. The highest BCUT2D eigenvalue weighted by Gasteiger charge is 2.14. The molecule has 0 aliphatic heterocycles. The van der Waals surface area contributed by atoms with E-state index in [1.807, 2.05) is 0 Å². The molecule has 1 aromatic heterocycles. The molecule has 2 amide bonds. The first-order valence-corrected chi connectivity index (χ1v) is 6.86. The van der Waals surface area contributed by atoms with Gasteiger partial charge in [0.2, 0.25) is 0 Å². The highest BCUT2D eigenvalue weighted by Crippen LogP contribution is 2.21. The third-order valence-electron chi connectivity index (χ3n) is 3.05. The number of hydrogen-bond donors (Lipinski definition) is 3. The molecule has 23 heavy (non-hydrogen) atoms. The van der Waals surface area contributed by atoms with Crippen LogP contribution >= 0.6 is 11.6 Å². The molecule has 0 aliphatic rings. The van der Waals surface area contributed by atoms with Gasteiger partial charge in [0.05, 0.1) is 0 Å². The number of nitrogens with one attached hydrogen (secondary N) is 2. The van der Waals surface area contributed by atoms with Crippen molar-refractivity contribution < 1.29 is 19.2 Å². The van der Waals surface area contributed by atoms with Crippen LogP contribution in [0.3, 0.4) is 0 Å². The Morgan fingerprint density at radius 1 is 1.09 bits per heavy atom. The van der Waals surface area contributed by atoms with Crippen LogP contribution in [0.4, 0.5) is 5.69 Å². The summed E-state index contributed by atoms with van der Waals surface area (Å²) in [6.45, 7) is 0. The zero-order valence-corrected chi connectivity index (χ0v) is 12.3. The SMILES string of the molecule is O=C(Nc1ccc2nc(C(=O)NO)oc2c1)c1ccc(Cl)cc1. The Labute approximate surface area is 134 Å². The molecule has 0 unspecified atom stereocenters. The molecule has 0 atom stereocenters. The highest BCUT2D eigenvalue weighted by atomic mass is 35.5. The van der Waals surface area contributed by atoms with Crippen LogP contribution in [0.2, 0.25) is 5.02 Å². The van der Waals surface area contributed by atoms with Crippen molar-refractivity contribution in [3.05, 3.63) is 58.9 Å². The Morgan fingerprint density at radius 2 is 1.83 bits per heavy atom. The second kappa shape index (κ2) is 6.07. The maximum atomic E-state index is 12.1. The average molecular weight is 332 g/mol. The van der Waals surface area contributed by atoms with Gasteiger partial charge in [0, 0.05) is 22.3 Å². The van der Waals surface area contributed by atoms with E-state index in [2.05, 4.69) is 10.3 Å². The lowest BCUT2D eigenvalue weighted by molar-refractivity contribution is 0.0671. The van der Waals surface area contributed by atoms with Gasteiger partial charge in [0.1, 0.15) is 5.52 Å². The summed E-state index contributed by atoms with van der Waals surface area (Å²) in [6.07, 6.45) is 0. The third-order valence-corrected chi connectivity index (χ3v) is 3.30. The van der Waals surface area contributed by atoms with Gasteiger partial charge in [-0.05, 0) is 36.4 Å². The van der Waals surface area contributed by atoms with E-state index in [1.165, 1.54) is 11.5 Å². The summed E-state index contributed by atoms with van der Waals surface area (Å²) >= 11 is 5.78. The number of carbonyl (C=O) groups excluding carboxylic acids is 2. The van der Waals surface area contributed by atoms with Gasteiger partial charge in [-0.3, -0.25) is 14.8 Å². The van der Waals surface area contributed by atoms with Gasteiger partial charge >= 0.3 is 5.91 Å². The lowest BCUT2D eigenvalue weighted by Crippen LogP contribution is -2.18. The fourth-order valence-electron chi connectivity index (χ4n) is 1.95. The molecule has 0 spiro atoms. The molecule has 3 N–H and O–H groups in total. The fourth-order valence-corrected chi connectivity index (χ4v) is 2.08. The van der Waals surface area contributed by atoms with Gasteiger partial charge in [-0.2, -0.15) is 0 Å². The predicted octanol–water partition coefficient (Wildman–Crippen LogP) is 2.85. The molecule has 8 heteroatoms. The summed E-state index contributed by atoms with van der Waals surface area (Å²) in [6, 6.07) is 11.2. The number of aromatic nitrogens is 1. The van der Waals surface area contributed by atoms with E-state index in [9.17, 15) is 9.59 Å². The lowest BCUT2D eigenvalue weighted by atomic mass is 10.2. The largest absolute Gasteiger partial charge is 0.432 e. The van der Waals surface area contributed by atoms with Gasteiger partial charge in [-0.25, -0.2) is 10.5 Å². The molecular formula is C15H10ClN3O4. The molecule has 0 fully saturated rings. The number of hydroxylamine groups is 1. The molecule has 0 bridgehead atoms. The van der Waals surface area contributed by atoms with Crippen LogP contribution in [-0.2, 0) is 0 Å². The number of amides is 2. The summed E-state index contributed by atoms with van der Waals surface area (Å²) in [4.78, 5) is 27.3. The van der Waals surface area contributed by atoms with Crippen molar-refractivity contribution in [3.63, 3.8) is 0 Å². The first-order chi connectivity index (χ1) is 11.1. The van der Waals surface area contributed by atoms with E-state index in [1.54, 1.807) is 36.4 Å². The van der Waals surface area contributed by atoms with Gasteiger partial charge in [0.15, 0.2) is 5.58 Å².